The molecule has 0 spiro atoms. The van der Waals surface area contributed by atoms with Gasteiger partial charge < -0.3 is 31.7 Å². The topological polar surface area (TPSA) is 166 Å². The van der Waals surface area contributed by atoms with Crippen LogP contribution in [-0.4, -0.2) is 71.0 Å². The highest BCUT2D eigenvalue weighted by atomic mass is 16.3. The molecule has 5 amide bonds. The zero-order valence-corrected chi connectivity index (χ0v) is 31.6. The van der Waals surface area contributed by atoms with Crippen molar-refractivity contribution >= 4 is 29.5 Å². The molecule has 278 valence electrons. The number of hydrogen-bond donors (Lipinski definition) is 6. The van der Waals surface area contributed by atoms with Gasteiger partial charge in [0, 0.05) is 12.5 Å². The Hall–Kier alpha value is -3.47. The van der Waals surface area contributed by atoms with E-state index in [1.807, 2.05) is 85.7 Å². The van der Waals surface area contributed by atoms with Gasteiger partial charge in [0.05, 0.1) is 18.6 Å². The first kappa shape index (κ1) is 43.6. The van der Waals surface area contributed by atoms with Gasteiger partial charge in [-0.05, 0) is 54.9 Å². The number of aliphatic hydroxyl groups excluding tert-OH is 1. The van der Waals surface area contributed by atoms with Gasteiger partial charge in [-0.15, -0.1) is 0 Å². The molecule has 11 nitrogen and oxygen atoms in total. The lowest BCUT2D eigenvalue weighted by molar-refractivity contribution is -0.134. The van der Waals surface area contributed by atoms with Crippen LogP contribution in [0.2, 0.25) is 0 Å². The molecule has 0 aliphatic heterocycles. The van der Waals surface area contributed by atoms with Gasteiger partial charge in [0.15, 0.2) is 0 Å². The van der Waals surface area contributed by atoms with E-state index < -0.39 is 48.0 Å². The van der Waals surface area contributed by atoms with Crippen molar-refractivity contribution in [2.75, 3.05) is 0 Å². The van der Waals surface area contributed by atoms with Gasteiger partial charge in [-0.2, -0.15) is 0 Å². The molecule has 0 fully saturated rings. The van der Waals surface area contributed by atoms with Crippen LogP contribution >= 0.6 is 0 Å². The lowest BCUT2D eigenvalue weighted by Gasteiger charge is -2.30. The van der Waals surface area contributed by atoms with Crippen molar-refractivity contribution in [2.24, 2.45) is 23.7 Å². The Kier molecular flexibility index (Phi) is 19.8. The summed E-state index contributed by atoms with van der Waals surface area (Å²) >= 11 is 0. The molecule has 1 unspecified atom stereocenters. The molecule has 0 radical (unpaired) electrons. The number of benzene rings is 1. The van der Waals surface area contributed by atoms with Crippen molar-refractivity contribution in [2.45, 2.75) is 150 Å². The van der Waals surface area contributed by atoms with Crippen LogP contribution in [0.3, 0.4) is 0 Å². The molecule has 0 aromatic heterocycles. The minimum atomic E-state index is -1.30. The van der Waals surface area contributed by atoms with Gasteiger partial charge in [0.25, 0.3) is 0 Å². The van der Waals surface area contributed by atoms with Crippen molar-refractivity contribution < 1.29 is 29.1 Å². The molecule has 1 aromatic rings. The van der Waals surface area contributed by atoms with Gasteiger partial charge in [-0.1, -0.05) is 106 Å². The van der Waals surface area contributed by atoms with Crippen molar-refractivity contribution in [1.82, 2.24) is 26.6 Å². The van der Waals surface area contributed by atoms with E-state index in [2.05, 4.69) is 26.6 Å². The van der Waals surface area contributed by atoms with Crippen LogP contribution in [0, 0.1) is 23.7 Å². The normalized spacial score (nSPS) is 15.2. The Morgan fingerprint density at radius 2 is 1.20 bits per heavy atom. The highest BCUT2D eigenvalue weighted by molar-refractivity contribution is 5.92. The molecule has 11 heteroatoms. The van der Waals surface area contributed by atoms with E-state index in [4.69, 9.17) is 0 Å². The predicted octanol–water partition coefficient (Wildman–Crippen LogP) is 4.02. The second-order valence-corrected chi connectivity index (χ2v) is 14.6. The smallest absolute Gasteiger partial charge is 0.243 e. The predicted molar refractivity (Wildman–Crippen MR) is 194 cm³/mol. The lowest BCUT2D eigenvalue weighted by atomic mass is 9.95. The largest absolute Gasteiger partial charge is 0.390 e. The van der Waals surface area contributed by atoms with Gasteiger partial charge >= 0.3 is 0 Å². The average molecular weight is 688 g/mol. The van der Waals surface area contributed by atoms with Gasteiger partial charge in [0.2, 0.25) is 29.5 Å². The minimum Gasteiger partial charge on any atom is -0.390 e. The average Bonchev–Trinajstić information content (AvgIpc) is 3.03. The summed E-state index contributed by atoms with van der Waals surface area (Å²) in [6.45, 7) is 19.2. The number of aliphatic hydroxyl groups is 1. The van der Waals surface area contributed by atoms with Crippen molar-refractivity contribution in [3.05, 3.63) is 35.9 Å². The zero-order chi connectivity index (χ0) is 37.3. The third-order valence-corrected chi connectivity index (χ3v) is 8.83. The summed E-state index contributed by atoms with van der Waals surface area (Å²) in [4.78, 5) is 66.3. The number of carbonyl (C=O) groups excluding carboxylic acids is 5. The third kappa shape index (κ3) is 16.2. The van der Waals surface area contributed by atoms with E-state index in [-0.39, 0.29) is 60.8 Å². The SMILES string of the molecule is CCC(CC)NC(=O)[C@@H](NC(=O)C[C@H](O)[C@H](Cc1ccccc1)NC(=O)C(NC(=O)[C@H](CC(C)C)NC(=O)CC(C)C)C(C)C)[C@@H](C)CC. The van der Waals surface area contributed by atoms with Gasteiger partial charge in [0.1, 0.15) is 18.1 Å². The van der Waals surface area contributed by atoms with Crippen LogP contribution in [-0.2, 0) is 30.4 Å². The zero-order valence-electron chi connectivity index (χ0n) is 31.6. The van der Waals surface area contributed by atoms with Crippen molar-refractivity contribution in [3.8, 4) is 0 Å². The van der Waals surface area contributed by atoms with Crippen LogP contribution in [0.1, 0.15) is 113 Å². The third-order valence-electron chi connectivity index (χ3n) is 8.83. The van der Waals surface area contributed by atoms with Crippen LogP contribution < -0.4 is 26.6 Å². The lowest BCUT2D eigenvalue weighted by Crippen LogP contribution is -2.58. The number of rotatable bonds is 22. The van der Waals surface area contributed by atoms with Gasteiger partial charge in [-0.3, -0.25) is 24.0 Å². The molecule has 1 aromatic carbocycles. The Bertz CT molecular complexity index is 1170. The maximum absolute atomic E-state index is 13.8. The molecular formula is C38H65N5O6. The first-order valence-corrected chi connectivity index (χ1v) is 18.2. The number of carbonyl (C=O) groups is 5. The van der Waals surface area contributed by atoms with Crippen LogP contribution in [0.4, 0.5) is 0 Å². The molecule has 0 saturated heterocycles. The second-order valence-electron chi connectivity index (χ2n) is 14.6. The quantitative estimate of drug-likeness (QED) is 0.108. The number of nitrogens with one attached hydrogen (secondary N) is 5. The Morgan fingerprint density at radius 3 is 1.71 bits per heavy atom. The molecule has 6 N–H and O–H groups in total. The Morgan fingerprint density at radius 1 is 0.633 bits per heavy atom. The van der Waals surface area contributed by atoms with E-state index in [9.17, 15) is 29.1 Å². The monoisotopic (exact) mass is 687 g/mol. The summed E-state index contributed by atoms with van der Waals surface area (Å²) in [5.41, 5.74) is 0.837. The molecule has 1 rings (SSSR count). The summed E-state index contributed by atoms with van der Waals surface area (Å²) < 4.78 is 0. The van der Waals surface area contributed by atoms with Gasteiger partial charge in [-0.25, -0.2) is 0 Å². The maximum atomic E-state index is 13.8. The summed E-state index contributed by atoms with van der Waals surface area (Å²) in [7, 11) is 0. The maximum Gasteiger partial charge on any atom is 0.243 e. The molecule has 0 aliphatic carbocycles. The summed E-state index contributed by atoms with van der Waals surface area (Å²) in [5.74, 6) is -2.18. The van der Waals surface area contributed by atoms with E-state index in [1.165, 1.54) is 0 Å². The van der Waals surface area contributed by atoms with E-state index in [0.29, 0.717) is 12.8 Å². The Balaban J connectivity index is 3.20. The number of amides is 5. The summed E-state index contributed by atoms with van der Waals surface area (Å²) in [6.07, 6.45) is 1.47. The molecular weight excluding hydrogens is 622 g/mol. The second kappa shape index (κ2) is 22.3. The molecule has 0 aliphatic rings. The first-order chi connectivity index (χ1) is 23.0. The fourth-order valence-corrected chi connectivity index (χ4v) is 5.59. The van der Waals surface area contributed by atoms with Crippen molar-refractivity contribution in [3.63, 3.8) is 0 Å². The molecule has 0 heterocycles. The summed E-state index contributed by atoms with van der Waals surface area (Å²) in [5, 5.41) is 25.8. The highest BCUT2D eigenvalue weighted by Gasteiger charge is 2.33. The van der Waals surface area contributed by atoms with E-state index >= 15 is 0 Å². The Labute approximate surface area is 294 Å². The molecule has 6 atom stereocenters. The van der Waals surface area contributed by atoms with Crippen LogP contribution in [0.15, 0.2) is 30.3 Å². The van der Waals surface area contributed by atoms with E-state index in [1.54, 1.807) is 13.8 Å². The van der Waals surface area contributed by atoms with Crippen LogP contribution in [0.5, 0.6) is 0 Å². The molecule has 0 saturated carbocycles. The minimum absolute atomic E-state index is 0.00151. The standard InChI is InChI=1S/C38H65N5O6/c1-11-26(10)35(38(49)39-28(12-2)13-3)42-33(46)22-31(44)29(21-27-17-15-14-16-18-27)41-37(48)34(25(8)9)43-36(47)30(19-23(4)5)40-32(45)20-24(6)7/h14-18,23-26,28-31,34-35,44H,11-13,19-22H2,1-10H3,(H,39,49)(H,40,45)(H,41,48)(H,42,46)(H,43,47)/t26-,29-,30-,31-,34?,35-/m0/s1. The molecule has 0 bridgehead atoms. The summed E-state index contributed by atoms with van der Waals surface area (Å²) in [6, 6.07) is 5.87. The van der Waals surface area contributed by atoms with Crippen LogP contribution in [0.25, 0.3) is 0 Å². The molecule has 49 heavy (non-hydrogen) atoms. The first-order valence-electron chi connectivity index (χ1n) is 18.2. The fourth-order valence-electron chi connectivity index (χ4n) is 5.59. The number of hydrogen-bond acceptors (Lipinski definition) is 6. The van der Waals surface area contributed by atoms with E-state index in [0.717, 1.165) is 18.4 Å². The highest BCUT2D eigenvalue weighted by Crippen LogP contribution is 2.14. The fraction of sp³-hybridized carbons (Fsp3) is 0.711. The van der Waals surface area contributed by atoms with Crippen molar-refractivity contribution in [1.29, 1.82) is 0 Å².